The maximum Gasteiger partial charge on any atom is 0.272 e. The molecule has 0 unspecified atom stereocenters. The third-order valence-electron chi connectivity index (χ3n) is 3.13. The number of aromatic nitrogens is 1. The number of hydrogen-bond acceptors (Lipinski definition) is 3. The van der Waals surface area contributed by atoms with Crippen LogP contribution in [0.3, 0.4) is 0 Å². The number of rotatable bonds is 4. The zero-order valence-electron chi connectivity index (χ0n) is 12.3. The Kier molecular flexibility index (Phi) is 4.81. The van der Waals surface area contributed by atoms with Gasteiger partial charge in [0.05, 0.1) is 7.11 Å². The number of benzene rings is 1. The van der Waals surface area contributed by atoms with Crippen LogP contribution in [-0.4, -0.2) is 29.9 Å². The molecule has 0 bridgehead atoms. The summed E-state index contributed by atoms with van der Waals surface area (Å²) in [5.74, 6) is 0.584. The van der Waals surface area contributed by atoms with E-state index in [1.807, 2.05) is 25.1 Å². The molecular weight excluding hydrogens is 288 g/mol. The van der Waals surface area contributed by atoms with Crippen molar-refractivity contribution in [3.05, 3.63) is 58.4 Å². The molecule has 1 amide bonds. The number of aryl methyl sites for hydroxylation is 1. The van der Waals surface area contributed by atoms with E-state index in [0.29, 0.717) is 17.3 Å². The molecule has 1 aromatic heterocycles. The van der Waals surface area contributed by atoms with Gasteiger partial charge in [0.15, 0.2) is 0 Å². The summed E-state index contributed by atoms with van der Waals surface area (Å²) >= 11 is 5.89. The van der Waals surface area contributed by atoms with Gasteiger partial charge >= 0.3 is 0 Å². The second-order valence-electron chi connectivity index (χ2n) is 4.84. The van der Waals surface area contributed by atoms with Crippen LogP contribution in [0.1, 0.15) is 21.6 Å². The van der Waals surface area contributed by atoms with Gasteiger partial charge in [-0.2, -0.15) is 0 Å². The minimum Gasteiger partial charge on any atom is -0.496 e. The summed E-state index contributed by atoms with van der Waals surface area (Å²) in [6.45, 7) is 2.45. The molecule has 1 aromatic carbocycles. The van der Waals surface area contributed by atoms with E-state index < -0.39 is 0 Å². The lowest BCUT2D eigenvalue weighted by Gasteiger charge is -2.19. The number of amides is 1. The van der Waals surface area contributed by atoms with Crippen LogP contribution in [-0.2, 0) is 6.54 Å². The number of hydrogen-bond donors (Lipinski definition) is 0. The minimum absolute atomic E-state index is 0.180. The standard InChI is InChI=1S/C16H17ClN2O2/c1-11-4-5-15(21-3)12(8-11)10-19(2)16(20)14-9-13(17)6-7-18-14/h4-9H,10H2,1-3H3. The van der Waals surface area contributed by atoms with Crippen molar-refractivity contribution in [2.45, 2.75) is 13.5 Å². The molecule has 0 aliphatic carbocycles. The molecule has 21 heavy (non-hydrogen) atoms. The average molecular weight is 305 g/mol. The fourth-order valence-electron chi connectivity index (χ4n) is 2.08. The van der Waals surface area contributed by atoms with E-state index >= 15 is 0 Å². The SMILES string of the molecule is COc1ccc(C)cc1CN(C)C(=O)c1cc(Cl)ccn1. The van der Waals surface area contributed by atoms with Gasteiger partial charge in [-0.15, -0.1) is 0 Å². The van der Waals surface area contributed by atoms with Gasteiger partial charge in [0.1, 0.15) is 11.4 Å². The van der Waals surface area contributed by atoms with Gasteiger partial charge in [-0.05, 0) is 25.1 Å². The molecule has 0 radical (unpaired) electrons. The first-order chi connectivity index (χ1) is 10.0. The van der Waals surface area contributed by atoms with Crippen LogP contribution in [0.4, 0.5) is 0 Å². The highest BCUT2D eigenvalue weighted by Crippen LogP contribution is 2.21. The molecule has 0 spiro atoms. The molecule has 0 aliphatic rings. The van der Waals surface area contributed by atoms with Gasteiger partial charge in [0.2, 0.25) is 0 Å². The predicted octanol–water partition coefficient (Wildman–Crippen LogP) is 3.32. The first kappa shape index (κ1) is 15.3. The normalized spacial score (nSPS) is 10.3. The Labute approximate surface area is 129 Å². The number of methoxy groups -OCH3 is 1. The van der Waals surface area contributed by atoms with Gasteiger partial charge in [0.25, 0.3) is 5.91 Å². The molecule has 4 nitrogen and oxygen atoms in total. The smallest absolute Gasteiger partial charge is 0.272 e. The quantitative estimate of drug-likeness (QED) is 0.870. The zero-order chi connectivity index (χ0) is 15.4. The molecule has 2 aromatic rings. The summed E-state index contributed by atoms with van der Waals surface area (Å²) in [4.78, 5) is 18.0. The largest absolute Gasteiger partial charge is 0.496 e. The summed E-state index contributed by atoms with van der Waals surface area (Å²) in [6.07, 6.45) is 1.52. The van der Waals surface area contributed by atoms with Crippen LogP contribution in [0.5, 0.6) is 5.75 Å². The molecule has 0 fully saturated rings. The molecule has 5 heteroatoms. The van der Waals surface area contributed by atoms with Crippen molar-refractivity contribution < 1.29 is 9.53 Å². The van der Waals surface area contributed by atoms with E-state index in [9.17, 15) is 4.79 Å². The lowest BCUT2D eigenvalue weighted by Crippen LogP contribution is -2.27. The molecule has 0 N–H and O–H groups in total. The summed E-state index contributed by atoms with van der Waals surface area (Å²) in [7, 11) is 3.35. The maximum atomic E-state index is 12.3. The van der Waals surface area contributed by atoms with Crippen LogP contribution in [0.15, 0.2) is 36.5 Å². The number of ether oxygens (including phenoxy) is 1. The van der Waals surface area contributed by atoms with Crippen molar-refractivity contribution >= 4 is 17.5 Å². The van der Waals surface area contributed by atoms with Crippen LogP contribution < -0.4 is 4.74 Å². The molecule has 2 rings (SSSR count). The lowest BCUT2D eigenvalue weighted by molar-refractivity contribution is 0.0778. The molecule has 0 saturated carbocycles. The number of halogens is 1. The van der Waals surface area contributed by atoms with E-state index in [1.165, 1.54) is 6.20 Å². The molecule has 0 atom stereocenters. The lowest BCUT2D eigenvalue weighted by atomic mass is 10.1. The zero-order valence-corrected chi connectivity index (χ0v) is 13.0. The third-order valence-corrected chi connectivity index (χ3v) is 3.37. The number of carbonyl (C=O) groups excluding carboxylic acids is 1. The van der Waals surface area contributed by atoms with E-state index in [4.69, 9.17) is 16.3 Å². The predicted molar refractivity (Wildman–Crippen MR) is 82.8 cm³/mol. The summed E-state index contributed by atoms with van der Waals surface area (Å²) in [6, 6.07) is 9.09. The summed E-state index contributed by atoms with van der Waals surface area (Å²) < 4.78 is 5.33. The van der Waals surface area contributed by atoms with Gasteiger partial charge in [-0.25, -0.2) is 0 Å². The second kappa shape index (κ2) is 6.59. The van der Waals surface area contributed by atoms with Gasteiger partial charge in [0, 0.05) is 30.4 Å². The fraction of sp³-hybridized carbons (Fsp3) is 0.250. The van der Waals surface area contributed by atoms with Crippen molar-refractivity contribution in [3.63, 3.8) is 0 Å². The van der Waals surface area contributed by atoms with E-state index in [1.54, 1.807) is 31.2 Å². The van der Waals surface area contributed by atoms with E-state index in [0.717, 1.165) is 16.9 Å². The Morgan fingerprint density at radius 3 is 2.76 bits per heavy atom. The number of carbonyl (C=O) groups is 1. The Balaban J connectivity index is 2.19. The van der Waals surface area contributed by atoms with Crippen LogP contribution >= 0.6 is 11.6 Å². The summed E-state index contributed by atoms with van der Waals surface area (Å²) in [5, 5.41) is 0.495. The van der Waals surface area contributed by atoms with Crippen LogP contribution in [0.2, 0.25) is 5.02 Å². The molecule has 110 valence electrons. The number of pyridine rings is 1. The first-order valence-electron chi connectivity index (χ1n) is 6.52. The Morgan fingerprint density at radius 1 is 1.33 bits per heavy atom. The Morgan fingerprint density at radius 2 is 2.10 bits per heavy atom. The van der Waals surface area contributed by atoms with Crippen LogP contribution in [0.25, 0.3) is 0 Å². The van der Waals surface area contributed by atoms with Crippen molar-refractivity contribution in [3.8, 4) is 5.75 Å². The molecule has 0 saturated heterocycles. The Hall–Kier alpha value is -2.07. The van der Waals surface area contributed by atoms with Crippen molar-refractivity contribution in [1.82, 2.24) is 9.88 Å². The first-order valence-corrected chi connectivity index (χ1v) is 6.89. The van der Waals surface area contributed by atoms with Gasteiger partial charge < -0.3 is 9.64 Å². The second-order valence-corrected chi connectivity index (χ2v) is 5.27. The molecular formula is C16H17ClN2O2. The number of nitrogens with zero attached hydrogens (tertiary/aromatic N) is 2. The fourth-order valence-corrected chi connectivity index (χ4v) is 2.24. The topological polar surface area (TPSA) is 42.4 Å². The summed E-state index contributed by atoms with van der Waals surface area (Å²) in [5.41, 5.74) is 2.40. The highest BCUT2D eigenvalue weighted by atomic mass is 35.5. The average Bonchev–Trinajstić information content (AvgIpc) is 2.46. The monoisotopic (exact) mass is 304 g/mol. The third kappa shape index (κ3) is 3.73. The highest BCUT2D eigenvalue weighted by Gasteiger charge is 2.15. The van der Waals surface area contributed by atoms with Crippen LogP contribution in [0, 0.1) is 6.92 Å². The molecule has 1 heterocycles. The van der Waals surface area contributed by atoms with Gasteiger partial charge in [-0.1, -0.05) is 29.3 Å². The Bertz CT molecular complexity index is 658. The van der Waals surface area contributed by atoms with Crippen molar-refractivity contribution in [2.75, 3.05) is 14.2 Å². The van der Waals surface area contributed by atoms with Gasteiger partial charge in [-0.3, -0.25) is 9.78 Å². The minimum atomic E-state index is -0.180. The highest BCUT2D eigenvalue weighted by molar-refractivity contribution is 6.30. The van der Waals surface area contributed by atoms with E-state index in [-0.39, 0.29) is 5.91 Å². The molecule has 0 aliphatic heterocycles. The maximum absolute atomic E-state index is 12.3. The van der Waals surface area contributed by atoms with Crippen molar-refractivity contribution in [2.24, 2.45) is 0 Å². The van der Waals surface area contributed by atoms with E-state index in [2.05, 4.69) is 4.98 Å². The van der Waals surface area contributed by atoms with Crippen molar-refractivity contribution in [1.29, 1.82) is 0 Å².